The summed E-state index contributed by atoms with van der Waals surface area (Å²) in [6.45, 7) is 6.02. The predicted octanol–water partition coefficient (Wildman–Crippen LogP) is 4.93. The highest BCUT2D eigenvalue weighted by Gasteiger charge is 2.07. The van der Waals surface area contributed by atoms with Gasteiger partial charge in [-0.1, -0.05) is 18.2 Å². The zero-order chi connectivity index (χ0) is 17.1. The molecule has 0 saturated heterocycles. The quantitative estimate of drug-likeness (QED) is 0.744. The molecule has 0 aliphatic carbocycles. The van der Waals surface area contributed by atoms with E-state index in [1.807, 2.05) is 75.4 Å². The standard InChI is InChI=1S/C21H20N2O/c1-14-4-5-19(12-15(14)2)21(24)23-20-8-6-17(7-9-20)18-10-11-22-16(3)13-18/h4-13H,1-3H3,(H,23,24). The molecule has 2 aromatic carbocycles. The first-order valence-corrected chi connectivity index (χ1v) is 7.94. The van der Waals surface area contributed by atoms with Gasteiger partial charge < -0.3 is 5.32 Å². The molecule has 0 saturated carbocycles. The minimum Gasteiger partial charge on any atom is -0.322 e. The van der Waals surface area contributed by atoms with Crippen LogP contribution in [0.4, 0.5) is 5.69 Å². The van der Waals surface area contributed by atoms with Crippen molar-refractivity contribution in [2.24, 2.45) is 0 Å². The topological polar surface area (TPSA) is 42.0 Å². The molecule has 0 radical (unpaired) electrons. The molecule has 0 unspecified atom stereocenters. The molecule has 0 fully saturated rings. The molecular weight excluding hydrogens is 296 g/mol. The maximum atomic E-state index is 12.4. The van der Waals surface area contributed by atoms with Crippen molar-refractivity contribution in [1.82, 2.24) is 4.98 Å². The number of nitrogens with one attached hydrogen (secondary N) is 1. The van der Waals surface area contributed by atoms with Crippen LogP contribution in [-0.4, -0.2) is 10.9 Å². The largest absolute Gasteiger partial charge is 0.322 e. The van der Waals surface area contributed by atoms with Gasteiger partial charge in [-0.15, -0.1) is 0 Å². The molecule has 3 aromatic rings. The number of carbonyl (C=O) groups excluding carboxylic acids is 1. The molecule has 0 atom stereocenters. The van der Waals surface area contributed by atoms with E-state index in [9.17, 15) is 4.79 Å². The highest BCUT2D eigenvalue weighted by molar-refractivity contribution is 6.04. The summed E-state index contributed by atoms with van der Waals surface area (Å²) in [7, 11) is 0. The third-order valence-corrected chi connectivity index (χ3v) is 4.14. The molecule has 24 heavy (non-hydrogen) atoms. The Morgan fingerprint density at radius 3 is 2.25 bits per heavy atom. The second kappa shape index (κ2) is 6.67. The fourth-order valence-corrected chi connectivity index (χ4v) is 2.56. The van der Waals surface area contributed by atoms with E-state index in [4.69, 9.17) is 0 Å². The van der Waals surface area contributed by atoms with Gasteiger partial charge >= 0.3 is 0 Å². The van der Waals surface area contributed by atoms with Gasteiger partial charge in [0.15, 0.2) is 0 Å². The summed E-state index contributed by atoms with van der Waals surface area (Å²) in [4.78, 5) is 16.6. The second-order valence-electron chi connectivity index (χ2n) is 6.02. The number of benzene rings is 2. The van der Waals surface area contributed by atoms with Gasteiger partial charge in [0.25, 0.3) is 5.91 Å². The van der Waals surface area contributed by atoms with Crippen molar-refractivity contribution in [3.05, 3.63) is 83.2 Å². The number of hydrogen-bond acceptors (Lipinski definition) is 2. The number of carbonyl (C=O) groups is 1. The van der Waals surface area contributed by atoms with Gasteiger partial charge in [-0.25, -0.2) is 0 Å². The Hall–Kier alpha value is -2.94. The molecule has 120 valence electrons. The summed E-state index contributed by atoms with van der Waals surface area (Å²) < 4.78 is 0. The van der Waals surface area contributed by atoms with Crippen LogP contribution >= 0.6 is 0 Å². The number of hydrogen-bond donors (Lipinski definition) is 1. The van der Waals surface area contributed by atoms with Gasteiger partial charge in [0.05, 0.1) is 0 Å². The zero-order valence-corrected chi connectivity index (χ0v) is 14.1. The van der Waals surface area contributed by atoms with Crippen molar-refractivity contribution < 1.29 is 4.79 Å². The predicted molar refractivity (Wildman–Crippen MR) is 98.3 cm³/mol. The fourth-order valence-electron chi connectivity index (χ4n) is 2.56. The zero-order valence-electron chi connectivity index (χ0n) is 14.1. The van der Waals surface area contributed by atoms with Crippen molar-refractivity contribution in [3.8, 4) is 11.1 Å². The molecule has 0 spiro atoms. The Morgan fingerprint density at radius 1 is 0.833 bits per heavy atom. The van der Waals surface area contributed by atoms with E-state index >= 15 is 0 Å². The molecule has 1 amide bonds. The minimum atomic E-state index is -0.0920. The average molecular weight is 316 g/mol. The maximum absolute atomic E-state index is 12.4. The van der Waals surface area contributed by atoms with Crippen molar-refractivity contribution in [3.63, 3.8) is 0 Å². The number of rotatable bonds is 3. The molecule has 3 nitrogen and oxygen atoms in total. The van der Waals surface area contributed by atoms with Crippen LogP contribution in [-0.2, 0) is 0 Å². The van der Waals surface area contributed by atoms with Crippen LogP contribution < -0.4 is 5.32 Å². The molecule has 0 bridgehead atoms. The smallest absolute Gasteiger partial charge is 0.255 e. The summed E-state index contributed by atoms with van der Waals surface area (Å²) >= 11 is 0. The molecular formula is C21H20N2O. The lowest BCUT2D eigenvalue weighted by Gasteiger charge is -2.08. The summed E-state index contributed by atoms with van der Waals surface area (Å²) in [5.41, 5.74) is 6.97. The van der Waals surface area contributed by atoms with Crippen molar-refractivity contribution in [2.75, 3.05) is 5.32 Å². The number of pyridine rings is 1. The molecule has 0 aliphatic heterocycles. The Morgan fingerprint density at radius 2 is 1.58 bits per heavy atom. The summed E-state index contributed by atoms with van der Waals surface area (Å²) in [6.07, 6.45) is 1.81. The lowest BCUT2D eigenvalue weighted by atomic mass is 10.0. The number of nitrogens with zero attached hydrogens (tertiary/aromatic N) is 1. The van der Waals surface area contributed by atoms with Crippen LogP contribution in [0.25, 0.3) is 11.1 Å². The number of anilines is 1. The Bertz CT molecular complexity index is 883. The first-order chi connectivity index (χ1) is 11.5. The van der Waals surface area contributed by atoms with E-state index in [2.05, 4.69) is 10.3 Å². The summed E-state index contributed by atoms with van der Waals surface area (Å²) in [5.74, 6) is -0.0920. The van der Waals surface area contributed by atoms with E-state index in [0.29, 0.717) is 5.56 Å². The third-order valence-electron chi connectivity index (χ3n) is 4.14. The number of aromatic nitrogens is 1. The lowest BCUT2D eigenvalue weighted by Crippen LogP contribution is -2.12. The van der Waals surface area contributed by atoms with Crippen LogP contribution in [0.5, 0.6) is 0 Å². The maximum Gasteiger partial charge on any atom is 0.255 e. The van der Waals surface area contributed by atoms with Gasteiger partial charge in [-0.3, -0.25) is 9.78 Å². The SMILES string of the molecule is Cc1cc(-c2ccc(NC(=O)c3ccc(C)c(C)c3)cc2)ccn1. The first kappa shape index (κ1) is 15.9. The van der Waals surface area contributed by atoms with Gasteiger partial charge in [-0.05, 0) is 79.4 Å². The second-order valence-corrected chi connectivity index (χ2v) is 6.02. The number of aryl methyl sites for hydroxylation is 3. The van der Waals surface area contributed by atoms with E-state index < -0.39 is 0 Å². The van der Waals surface area contributed by atoms with Gasteiger partial charge in [-0.2, -0.15) is 0 Å². The average Bonchev–Trinajstić information content (AvgIpc) is 2.58. The van der Waals surface area contributed by atoms with Crippen LogP contribution in [0, 0.1) is 20.8 Å². The highest BCUT2D eigenvalue weighted by Crippen LogP contribution is 2.22. The van der Waals surface area contributed by atoms with Crippen LogP contribution in [0.3, 0.4) is 0 Å². The van der Waals surface area contributed by atoms with Crippen molar-refractivity contribution in [2.45, 2.75) is 20.8 Å². The number of amides is 1. The van der Waals surface area contributed by atoms with E-state index in [1.54, 1.807) is 6.20 Å². The monoisotopic (exact) mass is 316 g/mol. The van der Waals surface area contributed by atoms with Crippen molar-refractivity contribution in [1.29, 1.82) is 0 Å². The van der Waals surface area contributed by atoms with Gasteiger partial charge in [0.2, 0.25) is 0 Å². The highest BCUT2D eigenvalue weighted by atomic mass is 16.1. The molecule has 3 rings (SSSR count). The normalized spacial score (nSPS) is 10.5. The van der Waals surface area contributed by atoms with Gasteiger partial charge in [0.1, 0.15) is 0 Å². The van der Waals surface area contributed by atoms with E-state index in [-0.39, 0.29) is 5.91 Å². The Kier molecular flexibility index (Phi) is 4.43. The summed E-state index contributed by atoms with van der Waals surface area (Å²) in [6, 6.07) is 17.6. The van der Waals surface area contributed by atoms with Gasteiger partial charge in [0, 0.05) is 23.1 Å². The molecule has 1 aromatic heterocycles. The Balaban J connectivity index is 1.76. The summed E-state index contributed by atoms with van der Waals surface area (Å²) in [5, 5.41) is 2.94. The fraction of sp³-hybridized carbons (Fsp3) is 0.143. The lowest BCUT2D eigenvalue weighted by molar-refractivity contribution is 0.102. The van der Waals surface area contributed by atoms with E-state index in [0.717, 1.165) is 28.1 Å². The third kappa shape index (κ3) is 3.51. The molecule has 1 N–H and O–H groups in total. The molecule has 1 heterocycles. The van der Waals surface area contributed by atoms with Crippen LogP contribution in [0.2, 0.25) is 0 Å². The molecule has 3 heteroatoms. The first-order valence-electron chi connectivity index (χ1n) is 7.94. The Labute approximate surface area is 142 Å². The molecule has 0 aliphatic rings. The minimum absolute atomic E-state index is 0.0920. The van der Waals surface area contributed by atoms with E-state index in [1.165, 1.54) is 5.56 Å². The van der Waals surface area contributed by atoms with Crippen molar-refractivity contribution >= 4 is 11.6 Å². The van der Waals surface area contributed by atoms with Crippen LogP contribution in [0.1, 0.15) is 27.2 Å². The van der Waals surface area contributed by atoms with Crippen LogP contribution in [0.15, 0.2) is 60.8 Å².